The average Bonchev–Trinajstić information content (AvgIpc) is 3.74. The Hall–Kier alpha value is -3.72. The summed E-state index contributed by atoms with van der Waals surface area (Å²) in [5.41, 5.74) is 9.42. The second-order valence-corrected chi connectivity index (χ2v) is 12.5. The topological polar surface area (TPSA) is 75.0 Å². The minimum atomic E-state index is -0.0971. The molecule has 0 radical (unpaired) electrons. The standard InChI is InChI=1S/C34H30ClN5O2S/c1-19-27-22(30-31(19)38-34(43-2)39-33(30)42-18-20-8-4-3-5-9-20)13-14-36-32(27)29-23-17-37-40(26-10-6-7-15-41-26)25(23)16-24(35)28(29)21-11-12-21/h3-5,8-9,13-14,16-17,21,26H,1,6-7,10-12,15,18H2,2H3. The molecule has 0 N–H and O–H groups in total. The summed E-state index contributed by atoms with van der Waals surface area (Å²) < 4.78 is 14.5. The van der Waals surface area contributed by atoms with Gasteiger partial charge in [-0.15, -0.1) is 0 Å². The Morgan fingerprint density at radius 1 is 1.05 bits per heavy atom. The number of hydrogen-bond donors (Lipinski definition) is 0. The van der Waals surface area contributed by atoms with Crippen LogP contribution in [-0.4, -0.2) is 37.6 Å². The van der Waals surface area contributed by atoms with Crippen LogP contribution in [0.3, 0.4) is 0 Å². The van der Waals surface area contributed by atoms with Crippen molar-refractivity contribution in [3.8, 4) is 28.3 Å². The first-order chi connectivity index (χ1) is 21.1. The van der Waals surface area contributed by atoms with Gasteiger partial charge in [-0.1, -0.05) is 60.3 Å². The van der Waals surface area contributed by atoms with Gasteiger partial charge in [0.25, 0.3) is 0 Å². The highest BCUT2D eigenvalue weighted by Crippen LogP contribution is 2.55. The molecule has 1 unspecified atom stereocenters. The maximum Gasteiger partial charge on any atom is 0.226 e. The Bertz CT molecular complexity index is 1900. The molecule has 1 aliphatic heterocycles. The average molecular weight is 608 g/mol. The molecule has 5 aromatic rings. The molecule has 1 atom stereocenters. The third-order valence-electron chi connectivity index (χ3n) is 8.61. The summed E-state index contributed by atoms with van der Waals surface area (Å²) in [6.07, 6.45) is 11.0. The Morgan fingerprint density at radius 3 is 2.67 bits per heavy atom. The molecule has 3 aliphatic rings. The van der Waals surface area contributed by atoms with E-state index in [-0.39, 0.29) is 6.23 Å². The molecule has 3 aromatic heterocycles. The van der Waals surface area contributed by atoms with Crippen molar-refractivity contribution in [1.82, 2.24) is 24.7 Å². The van der Waals surface area contributed by atoms with Gasteiger partial charge in [-0.25, -0.2) is 9.67 Å². The number of nitrogens with zero attached hydrogens (tertiary/aromatic N) is 5. The number of halogens is 1. The van der Waals surface area contributed by atoms with Crippen molar-refractivity contribution in [3.63, 3.8) is 0 Å². The number of hydrogen-bond acceptors (Lipinski definition) is 7. The van der Waals surface area contributed by atoms with E-state index in [4.69, 9.17) is 41.1 Å². The Balaban J connectivity index is 1.31. The molecule has 2 aliphatic carbocycles. The van der Waals surface area contributed by atoms with Gasteiger partial charge in [-0.3, -0.25) is 4.98 Å². The molecule has 216 valence electrons. The number of aromatic nitrogens is 5. The van der Waals surface area contributed by atoms with E-state index in [1.807, 2.05) is 59.7 Å². The summed E-state index contributed by atoms with van der Waals surface area (Å²) >= 11 is 8.61. The molecule has 9 heteroatoms. The van der Waals surface area contributed by atoms with Crippen LogP contribution in [0, 0.1) is 0 Å². The molecule has 1 saturated carbocycles. The van der Waals surface area contributed by atoms with E-state index in [1.54, 1.807) is 0 Å². The lowest BCUT2D eigenvalue weighted by atomic mass is 9.91. The number of fused-ring (bicyclic) bond motifs is 4. The summed E-state index contributed by atoms with van der Waals surface area (Å²) in [7, 11) is 0. The molecule has 8 rings (SSSR count). The van der Waals surface area contributed by atoms with Crippen molar-refractivity contribution < 1.29 is 9.47 Å². The highest BCUT2D eigenvalue weighted by molar-refractivity contribution is 7.98. The number of benzene rings is 2. The molecule has 43 heavy (non-hydrogen) atoms. The predicted molar refractivity (Wildman–Crippen MR) is 171 cm³/mol. The molecule has 2 aromatic carbocycles. The lowest BCUT2D eigenvalue weighted by Gasteiger charge is -2.24. The third kappa shape index (κ3) is 4.55. The lowest BCUT2D eigenvalue weighted by Crippen LogP contribution is -2.19. The van der Waals surface area contributed by atoms with Gasteiger partial charge >= 0.3 is 0 Å². The van der Waals surface area contributed by atoms with Crippen molar-refractivity contribution >= 4 is 39.8 Å². The predicted octanol–water partition coefficient (Wildman–Crippen LogP) is 8.46. The van der Waals surface area contributed by atoms with Crippen molar-refractivity contribution in [2.24, 2.45) is 0 Å². The Labute approximate surface area is 259 Å². The monoisotopic (exact) mass is 607 g/mol. The van der Waals surface area contributed by atoms with E-state index >= 15 is 0 Å². The van der Waals surface area contributed by atoms with Crippen LogP contribution in [0.4, 0.5) is 0 Å². The second kappa shape index (κ2) is 10.8. The first-order valence-electron chi connectivity index (χ1n) is 14.8. The molecule has 2 fully saturated rings. The highest BCUT2D eigenvalue weighted by atomic mass is 35.5. The van der Waals surface area contributed by atoms with Gasteiger partial charge in [0.2, 0.25) is 5.88 Å². The van der Waals surface area contributed by atoms with Gasteiger partial charge in [-0.05, 0) is 67.5 Å². The van der Waals surface area contributed by atoms with Crippen LogP contribution in [0.15, 0.2) is 66.6 Å². The molecule has 0 bridgehead atoms. The van der Waals surface area contributed by atoms with Crippen LogP contribution in [-0.2, 0) is 11.3 Å². The number of rotatable bonds is 7. The largest absolute Gasteiger partial charge is 0.472 e. The molecular weight excluding hydrogens is 578 g/mol. The maximum absolute atomic E-state index is 7.12. The van der Waals surface area contributed by atoms with Gasteiger partial charge in [0, 0.05) is 45.5 Å². The van der Waals surface area contributed by atoms with Gasteiger partial charge in [0.1, 0.15) is 6.61 Å². The molecule has 4 heterocycles. The van der Waals surface area contributed by atoms with E-state index in [1.165, 1.54) is 11.8 Å². The van der Waals surface area contributed by atoms with Crippen LogP contribution < -0.4 is 4.74 Å². The fourth-order valence-corrected chi connectivity index (χ4v) is 7.14. The van der Waals surface area contributed by atoms with E-state index in [0.717, 1.165) is 105 Å². The number of pyridine rings is 1. The van der Waals surface area contributed by atoms with Crippen molar-refractivity contribution in [2.45, 2.75) is 56.0 Å². The highest BCUT2D eigenvalue weighted by Gasteiger charge is 2.37. The van der Waals surface area contributed by atoms with E-state index in [2.05, 4.69) is 12.6 Å². The molecule has 0 spiro atoms. The first kappa shape index (κ1) is 26.9. The first-order valence-corrected chi connectivity index (χ1v) is 16.4. The van der Waals surface area contributed by atoms with Crippen LogP contribution in [0.2, 0.25) is 5.02 Å². The van der Waals surface area contributed by atoms with Crippen LogP contribution in [0.25, 0.3) is 38.9 Å². The molecule has 0 amide bonds. The van der Waals surface area contributed by atoms with E-state index < -0.39 is 0 Å². The second-order valence-electron chi connectivity index (χ2n) is 11.3. The summed E-state index contributed by atoms with van der Waals surface area (Å²) in [6, 6.07) is 14.2. The third-order valence-corrected chi connectivity index (χ3v) is 9.47. The van der Waals surface area contributed by atoms with Crippen LogP contribution >= 0.6 is 23.4 Å². The lowest BCUT2D eigenvalue weighted by molar-refractivity contribution is -0.0366. The molecular formula is C34H30ClN5O2S. The van der Waals surface area contributed by atoms with Gasteiger partial charge in [0.05, 0.1) is 28.7 Å². The Morgan fingerprint density at radius 2 is 1.91 bits per heavy atom. The van der Waals surface area contributed by atoms with E-state index in [0.29, 0.717) is 23.6 Å². The summed E-state index contributed by atoms with van der Waals surface area (Å²) in [6.45, 7) is 5.71. The zero-order valence-corrected chi connectivity index (χ0v) is 25.4. The van der Waals surface area contributed by atoms with Crippen LogP contribution in [0.5, 0.6) is 5.88 Å². The number of ether oxygens (including phenoxy) is 2. The molecule has 1 saturated heterocycles. The Kier molecular flexibility index (Phi) is 6.73. The normalized spacial score (nSPS) is 17.7. The summed E-state index contributed by atoms with van der Waals surface area (Å²) in [5, 5.41) is 7.27. The van der Waals surface area contributed by atoms with E-state index in [9.17, 15) is 0 Å². The van der Waals surface area contributed by atoms with Crippen molar-refractivity contribution in [1.29, 1.82) is 0 Å². The van der Waals surface area contributed by atoms with Gasteiger partial charge < -0.3 is 9.47 Å². The SMILES string of the molecule is C=C1c2nc(SC)nc(OCc3ccccc3)c2-c2ccnc(-c3c(C4CC4)c(Cl)cc4c3cnn4C3CCCCO3)c21. The minimum Gasteiger partial charge on any atom is -0.472 e. The van der Waals surface area contributed by atoms with Crippen molar-refractivity contribution in [2.75, 3.05) is 12.9 Å². The minimum absolute atomic E-state index is 0.0971. The zero-order valence-electron chi connectivity index (χ0n) is 23.8. The summed E-state index contributed by atoms with van der Waals surface area (Å²) in [5.74, 6) is 0.944. The fraction of sp³-hybridized carbons (Fsp3) is 0.294. The maximum atomic E-state index is 7.12. The quantitative estimate of drug-likeness (QED) is 0.133. The van der Waals surface area contributed by atoms with Crippen LogP contribution in [0.1, 0.15) is 66.6 Å². The van der Waals surface area contributed by atoms with Gasteiger partial charge in [0.15, 0.2) is 11.4 Å². The molecule has 7 nitrogen and oxygen atoms in total. The zero-order chi connectivity index (χ0) is 29.1. The smallest absolute Gasteiger partial charge is 0.226 e. The number of thioether (sulfide) groups is 1. The van der Waals surface area contributed by atoms with Gasteiger partial charge in [-0.2, -0.15) is 10.1 Å². The van der Waals surface area contributed by atoms with Crippen molar-refractivity contribution in [3.05, 3.63) is 88.8 Å². The summed E-state index contributed by atoms with van der Waals surface area (Å²) in [4.78, 5) is 14.7. The fourth-order valence-electron chi connectivity index (χ4n) is 6.43.